The fourth-order valence-electron chi connectivity index (χ4n) is 1.52. The molecule has 1 atom stereocenters. The lowest BCUT2D eigenvalue weighted by Crippen LogP contribution is -2.26. The Labute approximate surface area is 119 Å². The van der Waals surface area contributed by atoms with Crippen LogP contribution in [0.4, 0.5) is 0 Å². The molecule has 104 valence electrons. The maximum atomic E-state index is 12.1. The van der Waals surface area contributed by atoms with Crippen molar-refractivity contribution in [2.45, 2.75) is 19.9 Å². The molecule has 0 saturated heterocycles. The van der Waals surface area contributed by atoms with Crippen molar-refractivity contribution in [3.63, 3.8) is 0 Å². The van der Waals surface area contributed by atoms with Gasteiger partial charge < -0.3 is 10.4 Å². The first-order chi connectivity index (χ1) is 9.61. The van der Waals surface area contributed by atoms with Crippen molar-refractivity contribution in [2.24, 2.45) is 0 Å². The normalized spacial score (nSPS) is 11.6. The quantitative estimate of drug-likeness (QED) is 0.710. The lowest BCUT2D eigenvalue weighted by Gasteiger charge is -2.08. The van der Waals surface area contributed by atoms with Crippen molar-refractivity contribution in [1.82, 2.24) is 25.9 Å². The van der Waals surface area contributed by atoms with Crippen molar-refractivity contribution < 1.29 is 9.90 Å². The van der Waals surface area contributed by atoms with Crippen LogP contribution in [-0.4, -0.2) is 38.2 Å². The van der Waals surface area contributed by atoms with E-state index in [0.29, 0.717) is 10.7 Å². The number of aryl methyl sites for hydroxylation is 1. The lowest BCUT2D eigenvalue weighted by atomic mass is 10.2. The second-order valence-corrected chi connectivity index (χ2v) is 5.10. The van der Waals surface area contributed by atoms with E-state index in [2.05, 4.69) is 37.8 Å². The van der Waals surface area contributed by atoms with Gasteiger partial charge in [0.15, 0.2) is 5.82 Å². The molecule has 0 radical (unpaired) electrons. The first-order valence-corrected chi connectivity index (χ1v) is 6.68. The smallest absolute Gasteiger partial charge is 0.261 e. The fraction of sp³-hybridized carbons (Fsp3) is 0.333. The summed E-state index contributed by atoms with van der Waals surface area (Å²) in [5.74, 6) is 5.60. The number of carbonyl (C=O) groups excluding carboxylic acids is 1. The van der Waals surface area contributed by atoms with E-state index >= 15 is 0 Å². The molecule has 2 aromatic rings. The zero-order valence-corrected chi connectivity index (χ0v) is 11.8. The van der Waals surface area contributed by atoms with Crippen LogP contribution in [-0.2, 0) is 0 Å². The average Bonchev–Trinajstić information content (AvgIpc) is 3.06. The minimum atomic E-state index is -0.337. The Morgan fingerprint density at radius 3 is 3.10 bits per heavy atom. The van der Waals surface area contributed by atoms with Crippen LogP contribution in [0.2, 0.25) is 0 Å². The summed E-state index contributed by atoms with van der Waals surface area (Å²) in [5.41, 5.74) is 0.910. The Morgan fingerprint density at radius 2 is 2.45 bits per heavy atom. The van der Waals surface area contributed by atoms with Gasteiger partial charge in [0.1, 0.15) is 6.61 Å². The van der Waals surface area contributed by atoms with E-state index < -0.39 is 0 Å². The number of amides is 1. The Bertz CT molecular complexity index is 653. The highest BCUT2D eigenvalue weighted by Crippen LogP contribution is 2.21. The Hall–Kier alpha value is -2.24. The van der Waals surface area contributed by atoms with Crippen LogP contribution in [0, 0.1) is 18.8 Å². The van der Waals surface area contributed by atoms with E-state index in [0.717, 1.165) is 10.4 Å². The maximum Gasteiger partial charge on any atom is 0.261 e. The van der Waals surface area contributed by atoms with E-state index in [1.165, 1.54) is 11.3 Å². The number of hydrogen-bond acceptors (Lipinski definition) is 6. The van der Waals surface area contributed by atoms with E-state index in [4.69, 9.17) is 5.11 Å². The number of nitrogens with one attached hydrogen (secondary N) is 2. The van der Waals surface area contributed by atoms with Gasteiger partial charge >= 0.3 is 0 Å². The van der Waals surface area contributed by atoms with Crippen LogP contribution in [0.3, 0.4) is 0 Å². The molecule has 20 heavy (non-hydrogen) atoms. The van der Waals surface area contributed by atoms with Crippen molar-refractivity contribution in [1.29, 1.82) is 0 Å². The molecule has 0 saturated carbocycles. The van der Waals surface area contributed by atoms with Gasteiger partial charge in [0.2, 0.25) is 0 Å². The van der Waals surface area contributed by atoms with Crippen LogP contribution in [0.1, 0.15) is 38.9 Å². The van der Waals surface area contributed by atoms with E-state index in [1.807, 2.05) is 6.92 Å². The van der Waals surface area contributed by atoms with E-state index in [-0.39, 0.29) is 18.6 Å². The third-order valence-corrected chi connectivity index (χ3v) is 3.67. The summed E-state index contributed by atoms with van der Waals surface area (Å²) in [6.07, 6.45) is 0. The first-order valence-electron chi connectivity index (χ1n) is 5.86. The number of thiophene rings is 1. The molecular weight excluding hydrogens is 278 g/mol. The second-order valence-electron chi connectivity index (χ2n) is 4.05. The van der Waals surface area contributed by atoms with Crippen molar-refractivity contribution in [2.75, 3.05) is 6.61 Å². The third-order valence-electron chi connectivity index (χ3n) is 2.52. The molecule has 0 bridgehead atoms. The van der Waals surface area contributed by atoms with E-state index in [1.54, 1.807) is 13.0 Å². The predicted molar refractivity (Wildman–Crippen MR) is 73.1 cm³/mol. The number of tetrazole rings is 1. The maximum absolute atomic E-state index is 12.1. The van der Waals surface area contributed by atoms with Gasteiger partial charge in [-0.05, 0) is 25.5 Å². The third kappa shape index (κ3) is 3.20. The van der Waals surface area contributed by atoms with Crippen molar-refractivity contribution in [3.8, 4) is 11.8 Å². The number of hydrogen-bond donors (Lipinski definition) is 3. The van der Waals surface area contributed by atoms with Gasteiger partial charge in [0.05, 0.1) is 15.8 Å². The summed E-state index contributed by atoms with van der Waals surface area (Å²) in [4.78, 5) is 13.4. The Morgan fingerprint density at radius 1 is 1.65 bits per heavy atom. The van der Waals surface area contributed by atoms with Crippen LogP contribution >= 0.6 is 11.3 Å². The zero-order valence-electron chi connectivity index (χ0n) is 11.0. The number of aliphatic hydroxyl groups is 1. The molecule has 8 heteroatoms. The van der Waals surface area contributed by atoms with Gasteiger partial charge in [0.25, 0.3) is 5.91 Å². The lowest BCUT2D eigenvalue weighted by molar-refractivity contribution is 0.0942. The largest absolute Gasteiger partial charge is 0.384 e. The van der Waals surface area contributed by atoms with Gasteiger partial charge in [-0.3, -0.25) is 4.79 Å². The highest BCUT2D eigenvalue weighted by atomic mass is 32.1. The molecule has 2 aromatic heterocycles. The van der Waals surface area contributed by atoms with Crippen LogP contribution in [0.5, 0.6) is 0 Å². The SMILES string of the molecule is Cc1cc(C(=O)NC(C)c2nn[nH]n2)sc1C#CCO. The minimum Gasteiger partial charge on any atom is -0.384 e. The summed E-state index contributed by atoms with van der Waals surface area (Å²) in [7, 11) is 0. The molecule has 3 N–H and O–H groups in total. The number of nitrogens with zero attached hydrogens (tertiary/aromatic N) is 3. The van der Waals surface area contributed by atoms with Crippen molar-refractivity contribution in [3.05, 3.63) is 27.2 Å². The molecule has 0 spiro atoms. The molecule has 2 heterocycles. The van der Waals surface area contributed by atoms with Gasteiger partial charge in [-0.25, -0.2) is 0 Å². The molecule has 0 aliphatic rings. The number of aromatic nitrogens is 4. The molecule has 1 unspecified atom stereocenters. The molecular formula is C12H13N5O2S. The molecule has 0 aromatic carbocycles. The molecule has 1 amide bonds. The second kappa shape index (κ2) is 6.27. The monoisotopic (exact) mass is 291 g/mol. The number of aromatic amines is 1. The van der Waals surface area contributed by atoms with Gasteiger partial charge in [-0.15, -0.1) is 21.5 Å². The Kier molecular flexibility index (Phi) is 4.45. The molecule has 0 aliphatic carbocycles. The average molecular weight is 291 g/mol. The highest BCUT2D eigenvalue weighted by Gasteiger charge is 2.17. The highest BCUT2D eigenvalue weighted by molar-refractivity contribution is 7.14. The number of carbonyl (C=O) groups is 1. The molecule has 2 rings (SSSR count). The number of H-pyrrole nitrogens is 1. The first kappa shape index (κ1) is 14.2. The summed E-state index contributed by atoms with van der Waals surface area (Å²) in [6, 6.07) is 1.43. The van der Waals surface area contributed by atoms with Crippen molar-refractivity contribution >= 4 is 17.2 Å². The topological polar surface area (TPSA) is 104 Å². The minimum absolute atomic E-state index is 0.201. The predicted octanol–water partition coefficient (Wildman–Crippen LogP) is 0.404. The van der Waals surface area contributed by atoms with Gasteiger partial charge in [-0.1, -0.05) is 17.1 Å². The van der Waals surface area contributed by atoms with Crippen LogP contribution in [0.15, 0.2) is 6.07 Å². The molecule has 7 nitrogen and oxygen atoms in total. The summed E-state index contributed by atoms with van der Waals surface area (Å²) < 4.78 is 0. The standard InChI is InChI=1S/C12H13N5O2S/c1-7-6-10(20-9(7)4-3-5-18)12(19)13-8(2)11-14-16-17-15-11/h6,8,18H,5H2,1-2H3,(H,13,19)(H,14,15,16,17). The number of aliphatic hydroxyl groups excluding tert-OH is 1. The summed E-state index contributed by atoms with van der Waals surface area (Å²) in [6.45, 7) is 3.45. The summed E-state index contributed by atoms with van der Waals surface area (Å²) in [5, 5.41) is 24.9. The van der Waals surface area contributed by atoms with E-state index in [9.17, 15) is 4.79 Å². The summed E-state index contributed by atoms with van der Waals surface area (Å²) >= 11 is 1.29. The number of rotatable bonds is 3. The molecule has 0 fully saturated rings. The fourth-order valence-corrected chi connectivity index (χ4v) is 2.47. The van der Waals surface area contributed by atoms with Crippen LogP contribution < -0.4 is 5.32 Å². The van der Waals surface area contributed by atoms with Gasteiger partial charge in [0, 0.05) is 0 Å². The Balaban J connectivity index is 2.10. The zero-order chi connectivity index (χ0) is 14.5. The van der Waals surface area contributed by atoms with Crippen LogP contribution in [0.25, 0.3) is 0 Å². The molecule has 0 aliphatic heterocycles. The van der Waals surface area contributed by atoms with Gasteiger partial charge in [-0.2, -0.15) is 5.21 Å².